The van der Waals surface area contributed by atoms with Crippen molar-refractivity contribution in [2.24, 2.45) is 0 Å². The molecule has 0 aliphatic carbocycles. The minimum atomic E-state index is -1.01. The summed E-state index contributed by atoms with van der Waals surface area (Å²) >= 11 is 0. The highest BCUT2D eigenvalue weighted by molar-refractivity contribution is 5.88. The van der Waals surface area contributed by atoms with Crippen LogP contribution in [0.25, 0.3) is 22.0 Å². The predicted molar refractivity (Wildman–Crippen MR) is 165 cm³/mol. The van der Waals surface area contributed by atoms with E-state index in [1.165, 1.54) is 20.3 Å². The van der Waals surface area contributed by atoms with Crippen LogP contribution >= 0.6 is 0 Å². The molecule has 0 bridgehead atoms. The van der Waals surface area contributed by atoms with Gasteiger partial charge < -0.3 is 29.2 Å². The van der Waals surface area contributed by atoms with Crippen molar-refractivity contribution in [3.63, 3.8) is 0 Å². The van der Waals surface area contributed by atoms with Gasteiger partial charge in [-0.05, 0) is 45.1 Å². The number of rotatable bonds is 9. The molecule has 4 heterocycles. The van der Waals surface area contributed by atoms with Gasteiger partial charge in [-0.1, -0.05) is 6.08 Å². The summed E-state index contributed by atoms with van der Waals surface area (Å²) in [5, 5.41) is 3.71. The van der Waals surface area contributed by atoms with Crippen LogP contribution in [0.2, 0.25) is 0 Å². The zero-order chi connectivity index (χ0) is 31.4. The Bertz CT molecular complexity index is 1720. The van der Waals surface area contributed by atoms with Gasteiger partial charge in [-0.3, -0.25) is 14.6 Å². The number of hydrogen-bond acceptors (Lipinski definition) is 8. The molecule has 1 fully saturated rings. The average molecular weight is 605 g/mol. The van der Waals surface area contributed by atoms with Gasteiger partial charge in [0, 0.05) is 73.5 Å². The van der Waals surface area contributed by atoms with E-state index in [1.54, 1.807) is 52.3 Å². The van der Waals surface area contributed by atoms with Gasteiger partial charge in [0.25, 0.3) is 5.56 Å². The number of benzene rings is 1. The fraction of sp³-hybridized carbons (Fsp3) is 0.312. The van der Waals surface area contributed by atoms with Crippen LogP contribution in [0.1, 0.15) is 18.9 Å². The monoisotopic (exact) mass is 604 g/mol. The van der Waals surface area contributed by atoms with Crippen molar-refractivity contribution in [2.45, 2.75) is 18.9 Å². The van der Waals surface area contributed by atoms with E-state index in [0.717, 1.165) is 11.8 Å². The molecule has 0 radical (unpaired) electrons. The topological polar surface area (TPSA) is 102 Å². The van der Waals surface area contributed by atoms with Gasteiger partial charge in [-0.2, -0.15) is 0 Å². The predicted octanol–water partition coefficient (Wildman–Crippen LogP) is 4.78. The number of hydrogen-bond donors (Lipinski definition) is 1. The van der Waals surface area contributed by atoms with Gasteiger partial charge in [-0.25, -0.2) is 13.8 Å². The van der Waals surface area contributed by atoms with Crippen molar-refractivity contribution in [1.29, 1.82) is 0 Å². The highest BCUT2D eigenvalue weighted by Crippen LogP contribution is 2.38. The highest BCUT2D eigenvalue weighted by atomic mass is 19.1. The minimum absolute atomic E-state index is 0.100. The van der Waals surface area contributed by atoms with Crippen molar-refractivity contribution in [1.82, 2.24) is 24.3 Å². The molecule has 0 unspecified atom stereocenters. The van der Waals surface area contributed by atoms with Crippen LogP contribution in [0.4, 0.5) is 20.3 Å². The van der Waals surface area contributed by atoms with E-state index in [-0.39, 0.29) is 29.0 Å². The number of nitrogens with zero attached hydrogens (tertiary/aromatic N) is 5. The maximum atomic E-state index is 15.6. The molecule has 1 aromatic carbocycles. The molecule has 1 amide bonds. The zero-order valence-corrected chi connectivity index (χ0v) is 25.0. The molecule has 1 N–H and O–H groups in total. The van der Waals surface area contributed by atoms with E-state index in [4.69, 9.17) is 9.47 Å². The smallest absolute Gasteiger partial charge is 0.259 e. The largest absolute Gasteiger partial charge is 0.494 e. The molecule has 230 valence electrons. The second-order valence-electron chi connectivity index (χ2n) is 10.7. The molecule has 1 aliphatic rings. The van der Waals surface area contributed by atoms with Crippen molar-refractivity contribution in [3.8, 4) is 22.6 Å². The third-order valence-corrected chi connectivity index (χ3v) is 7.59. The fourth-order valence-corrected chi connectivity index (χ4v) is 5.36. The number of methoxy groups -OCH3 is 2. The Hall–Kier alpha value is -4.84. The molecular formula is C32H34F2N6O4. The number of amides is 1. The summed E-state index contributed by atoms with van der Waals surface area (Å²) in [4.78, 5) is 39.3. The van der Waals surface area contributed by atoms with Crippen molar-refractivity contribution < 1.29 is 23.0 Å². The van der Waals surface area contributed by atoms with Crippen LogP contribution in [-0.4, -0.2) is 78.2 Å². The van der Waals surface area contributed by atoms with E-state index >= 15 is 8.78 Å². The molecule has 5 rings (SSSR count). The molecule has 4 aromatic rings. The van der Waals surface area contributed by atoms with E-state index in [1.807, 2.05) is 25.1 Å². The van der Waals surface area contributed by atoms with Crippen LogP contribution in [0.5, 0.6) is 11.5 Å². The van der Waals surface area contributed by atoms with Gasteiger partial charge in [0.15, 0.2) is 23.1 Å². The summed E-state index contributed by atoms with van der Waals surface area (Å²) in [5.41, 5.74) is -0.0240. The lowest BCUT2D eigenvalue weighted by Gasteiger charge is -2.33. The Labute approximate surface area is 253 Å². The number of nitrogens with one attached hydrogen (secondary N) is 1. The van der Waals surface area contributed by atoms with Crippen molar-refractivity contribution >= 4 is 28.3 Å². The number of likely N-dealkylation sites (tertiary alicyclic amines) is 1. The van der Waals surface area contributed by atoms with E-state index in [2.05, 4.69) is 15.3 Å². The Morgan fingerprint density at radius 3 is 2.34 bits per heavy atom. The number of halogens is 2. The van der Waals surface area contributed by atoms with Crippen molar-refractivity contribution in [3.05, 3.63) is 83.1 Å². The Morgan fingerprint density at radius 2 is 1.73 bits per heavy atom. The Morgan fingerprint density at radius 1 is 1.07 bits per heavy atom. The second kappa shape index (κ2) is 13.2. The lowest BCUT2D eigenvalue weighted by molar-refractivity contribution is -0.127. The summed E-state index contributed by atoms with van der Waals surface area (Å²) in [6, 6.07) is 7.49. The maximum Gasteiger partial charge on any atom is 0.259 e. The van der Waals surface area contributed by atoms with Gasteiger partial charge in [0.1, 0.15) is 5.82 Å². The molecule has 10 nitrogen and oxygen atoms in total. The second-order valence-corrected chi connectivity index (χ2v) is 10.7. The summed E-state index contributed by atoms with van der Waals surface area (Å²) in [7, 11) is 6.35. The zero-order valence-electron chi connectivity index (χ0n) is 25.0. The average Bonchev–Trinajstić information content (AvgIpc) is 3.02. The van der Waals surface area contributed by atoms with Crippen LogP contribution in [0.3, 0.4) is 0 Å². The molecule has 0 saturated carbocycles. The lowest BCUT2D eigenvalue weighted by Crippen LogP contribution is -2.40. The van der Waals surface area contributed by atoms with Crippen LogP contribution in [-0.2, 0) is 4.79 Å². The van der Waals surface area contributed by atoms with Gasteiger partial charge in [0.05, 0.1) is 30.9 Å². The number of likely N-dealkylation sites (N-methyl/N-ethyl adjacent to an activating group) is 1. The number of carbonyl (C=O) groups is 1. The number of piperidine rings is 1. The normalized spacial score (nSPS) is 14.0. The molecule has 44 heavy (non-hydrogen) atoms. The lowest BCUT2D eigenvalue weighted by atomic mass is 9.99. The van der Waals surface area contributed by atoms with Gasteiger partial charge >= 0.3 is 0 Å². The molecular weight excluding hydrogens is 570 g/mol. The molecule has 0 atom stereocenters. The standard InChI is InChI=1S/C32H34F2N6O4/c1-38(2)13-5-6-28(41)39-14-9-22(10-15-39)40-24-17-27(37-21-7-11-35-12-8-21)36-19-20(24)16-23(32(40)42)29-30(33)25(43-3)18-26(44-4)31(29)34/h5-8,11-12,16-19,22H,9-10,13-15H2,1-4H3,(H,35,36,37)/b6-5+. The van der Waals surface area contributed by atoms with Crippen LogP contribution < -0.4 is 20.3 Å². The van der Waals surface area contributed by atoms with E-state index in [9.17, 15) is 9.59 Å². The molecule has 1 aliphatic heterocycles. The number of pyridine rings is 3. The number of aromatic nitrogens is 3. The molecule has 1 saturated heterocycles. The summed E-state index contributed by atoms with van der Waals surface area (Å²) in [6.45, 7) is 1.47. The summed E-state index contributed by atoms with van der Waals surface area (Å²) in [6.07, 6.45) is 9.14. The van der Waals surface area contributed by atoms with Crippen LogP contribution in [0, 0.1) is 11.6 Å². The molecule has 0 spiro atoms. The van der Waals surface area contributed by atoms with E-state index < -0.39 is 22.8 Å². The number of ether oxygens (including phenoxy) is 2. The first-order chi connectivity index (χ1) is 21.2. The first kappa shape index (κ1) is 30.6. The van der Waals surface area contributed by atoms with Crippen LogP contribution in [0.15, 0.2) is 65.9 Å². The Kier molecular flexibility index (Phi) is 9.19. The third kappa shape index (κ3) is 6.25. The van der Waals surface area contributed by atoms with Gasteiger partial charge in [-0.15, -0.1) is 0 Å². The minimum Gasteiger partial charge on any atom is -0.494 e. The third-order valence-electron chi connectivity index (χ3n) is 7.59. The molecule has 3 aromatic heterocycles. The SMILES string of the molecule is COc1cc(OC)c(F)c(-c2cc3cnc(Nc4ccncc4)cc3n(C3CCN(C(=O)/C=C/CN(C)C)CC3)c2=O)c1F. The maximum absolute atomic E-state index is 15.6. The summed E-state index contributed by atoms with van der Waals surface area (Å²) < 4.78 is 43.1. The fourth-order valence-electron chi connectivity index (χ4n) is 5.36. The molecule has 12 heteroatoms. The van der Waals surface area contributed by atoms with Gasteiger partial charge in [0.2, 0.25) is 5.91 Å². The quantitative estimate of drug-likeness (QED) is 0.273. The highest BCUT2D eigenvalue weighted by Gasteiger charge is 2.29. The number of fused-ring (bicyclic) bond motifs is 1. The first-order valence-electron chi connectivity index (χ1n) is 14.1. The first-order valence-corrected chi connectivity index (χ1v) is 14.1. The van der Waals surface area contributed by atoms with E-state index in [0.29, 0.717) is 49.2 Å². The summed E-state index contributed by atoms with van der Waals surface area (Å²) in [5.74, 6) is -2.16. The number of carbonyl (C=O) groups excluding carboxylic acids is 1. The Balaban J connectivity index is 1.61. The number of anilines is 2. The van der Waals surface area contributed by atoms with Crippen molar-refractivity contribution in [2.75, 3.05) is 53.3 Å².